The predicted octanol–water partition coefficient (Wildman–Crippen LogP) is 1.64. The first kappa shape index (κ1) is 14.6. The van der Waals surface area contributed by atoms with E-state index in [2.05, 4.69) is 17.2 Å². The highest BCUT2D eigenvalue weighted by atomic mass is 32.2. The average Bonchev–Trinajstić information content (AvgIpc) is 2.46. The molecule has 0 amide bonds. The molecule has 1 saturated heterocycles. The van der Waals surface area contributed by atoms with Crippen molar-refractivity contribution in [2.75, 3.05) is 36.5 Å². The lowest BCUT2D eigenvalue weighted by Gasteiger charge is -2.25. The zero-order valence-electron chi connectivity index (χ0n) is 11.0. The summed E-state index contributed by atoms with van der Waals surface area (Å²) in [7, 11) is -3.37. The molecule has 1 aliphatic rings. The van der Waals surface area contributed by atoms with E-state index in [-0.39, 0.29) is 0 Å². The number of hydrogen-bond acceptors (Lipinski definition) is 5. The van der Waals surface area contributed by atoms with Crippen LogP contribution in [0.2, 0.25) is 0 Å². The number of thioether (sulfide) groups is 1. The quantitative estimate of drug-likeness (QED) is 0.896. The Hall–Kier alpha value is -0.790. The van der Waals surface area contributed by atoms with Crippen LogP contribution in [0.25, 0.3) is 0 Å². The number of nitrogens with zero attached hydrogens (tertiary/aromatic N) is 2. The third-order valence-corrected chi connectivity index (χ3v) is 5.73. The molecule has 1 aromatic rings. The number of hydrogen-bond donors (Lipinski definition) is 1. The van der Waals surface area contributed by atoms with E-state index in [9.17, 15) is 8.42 Å². The van der Waals surface area contributed by atoms with Gasteiger partial charge in [0, 0.05) is 43.4 Å². The van der Waals surface area contributed by atoms with Crippen molar-refractivity contribution in [2.45, 2.75) is 18.2 Å². The van der Waals surface area contributed by atoms with Gasteiger partial charge in [0.2, 0.25) is 10.0 Å². The molecule has 19 heavy (non-hydrogen) atoms. The van der Waals surface area contributed by atoms with Crippen molar-refractivity contribution < 1.29 is 8.42 Å². The van der Waals surface area contributed by atoms with Crippen LogP contribution in [-0.2, 0) is 10.0 Å². The predicted molar refractivity (Wildman–Crippen MR) is 79.1 cm³/mol. The van der Waals surface area contributed by atoms with Gasteiger partial charge in [0.1, 0.15) is 5.82 Å². The third-order valence-electron chi connectivity index (χ3n) is 2.90. The van der Waals surface area contributed by atoms with Crippen molar-refractivity contribution >= 4 is 27.6 Å². The normalized spacial score (nSPS) is 17.3. The summed E-state index contributed by atoms with van der Waals surface area (Å²) in [5, 5.41) is 3.11. The Kier molecular flexibility index (Phi) is 5.06. The van der Waals surface area contributed by atoms with E-state index in [1.165, 1.54) is 0 Å². The van der Waals surface area contributed by atoms with Crippen LogP contribution in [0.3, 0.4) is 0 Å². The Bertz CT molecular complexity index is 513. The van der Waals surface area contributed by atoms with E-state index in [0.717, 1.165) is 24.5 Å². The molecule has 0 radical (unpaired) electrons. The van der Waals surface area contributed by atoms with E-state index in [1.54, 1.807) is 34.4 Å². The molecule has 0 spiro atoms. The zero-order chi connectivity index (χ0) is 13.7. The Morgan fingerprint density at radius 2 is 2.16 bits per heavy atom. The van der Waals surface area contributed by atoms with Crippen LogP contribution in [0.15, 0.2) is 23.2 Å². The van der Waals surface area contributed by atoms with Gasteiger partial charge in [-0.1, -0.05) is 6.92 Å². The summed E-state index contributed by atoms with van der Waals surface area (Å²) in [6.45, 7) is 4.02. The molecule has 2 rings (SSSR count). The summed E-state index contributed by atoms with van der Waals surface area (Å²) in [5.74, 6) is 2.35. The monoisotopic (exact) mass is 301 g/mol. The van der Waals surface area contributed by atoms with Crippen LogP contribution < -0.4 is 5.32 Å². The summed E-state index contributed by atoms with van der Waals surface area (Å²) in [5.41, 5.74) is 0. The van der Waals surface area contributed by atoms with Gasteiger partial charge < -0.3 is 5.32 Å². The SMILES string of the molecule is CCCNc1cc(S(=O)(=O)N2CCSCC2)ccn1. The van der Waals surface area contributed by atoms with Gasteiger partial charge in [-0.15, -0.1) is 0 Å². The minimum Gasteiger partial charge on any atom is -0.370 e. The van der Waals surface area contributed by atoms with Gasteiger partial charge in [-0.2, -0.15) is 16.1 Å². The Morgan fingerprint density at radius 3 is 2.84 bits per heavy atom. The van der Waals surface area contributed by atoms with Crippen molar-refractivity contribution in [1.29, 1.82) is 0 Å². The van der Waals surface area contributed by atoms with Crippen molar-refractivity contribution in [3.63, 3.8) is 0 Å². The van der Waals surface area contributed by atoms with E-state index in [0.29, 0.717) is 23.8 Å². The summed E-state index contributed by atoms with van der Waals surface area (Å²) in [6.07, 6.45) is 2.52. The zero-order valence-corrected chi connectivity index (χ0v) is 12.6. The van der Waals surface area contributed by atoms with Gasteiger partial charge in [0.25, 0.3) is 0 Å². The molecule has 1 aromatic heterocycles. The highest BCUT2D eigenvalue weighted by Crippen LogP contribution is 2.21. The minimum absolute atomic E-state index is 0.327. The average molecular weight is 301 g/mol. The maximum absolute atomic E-state index is 12.5. The van der Waals surface area contributed by atoms with E-state index in [4.69, 9.17) is 0 Å². The van der Waals surface area contributed by atoms with Crippen molar-refractivity contribution in [3.05, 3.63) is 18.3 Å². The van der Waals surface area contributed by atoms with Gasteiger partial charge in [0.05, 0.1) is 4.90 Å². The minimum atomic E-state index is -3.37. The van der Waals surface area contributed by atoms with Gasteiger partial charge in [-0.3, -0.25) is 0 Å². The number of anilines is 1. The molecule has 1 aliphatic heterocycles. The number of rotatable bonds is 5. The molecule has 7 heteroatoms. The molecule has 0 saturated carbocycles. The largest absolute Gasteiger partial charge is 0.370 e. The number of pyridine rings is 1. The fraction of sp³-hybridized carbons (Fsp3) is 0.583. The molecular formula is C12H19N3O2S2. The van der Waals surface area contributed by atoms with Crippen LogP contribution >= 0.6 is 11.8 Å². The molecule has 0 atom stereocenters. The van der Waals surface area contributed by atoms with E-state index in [1.807, 2.05) is 0 Å². The first-order valence-electron chi connectivity index (χ1n) is 6.42. The fourth-order valence-electron chi connectivity index (χ4n) is 1.86. The van der Waals surface area contributed by atoms with Crippen LogP contribution in [0.5, 0.6) is 0 Å². The molecule has 1 N–H and O–H groups in total. The number of sulfonamides is 1. The maximum atomic E-state index is 12.5. The summed E-state index contributed by atoms with van der Waals surface area (Å²) in [6, 6.07) is 3.18. The van der Waals surface area contributed by atoms with Gasteiger partial charge in [-0.05, 0) is 12.5 Å². The van der Waals surface area contributed by atoms with Crippen molar-refractivity contribution in [1.82, 2.24) is 9.29 Å². The van der Waals surface area contributed by atoms with Crippen molar-refractivity contribution in [3.8, 4) is 0 Å². The molecule has 0 aromatic carbocycles. The third kappa shape index (κ3) is 3.61. The second-order valence-electron chi connectivity index (χ2n) is 4.32. The summed E-state index contributed by atoms with van der Waals surface area (Å²) in [4.78, 5) is 4.46. The molecular weight excluding hydrogens is 282 g/mol. The topological polar surface area (TPSA) is 62.3 Å². The fourth-order valence-corrected chi connectivity index (χ4v) is 4.45. The number of nitrogens with one attached hydrogen (secondary N) is 1. The molecule has 2 heterocycles. The Balaban J connectivity index is 2.19. The molecule has 1 fully saturated rings. The van der Waals surface area contributed by atoms with Crippen LogP contribution in [0, 0.1) is 0 Å². The second kappa shape index (κ2) is 6.58. The smallest absolute Gasteiger partial charge is 0.243 e. The summed E-state index contributed by atoms with van der Waals surface area (Å²) >= 11 is 1.79. The van der Waals surface area contributed by atoms with Crippen LogP contribution in [-0.4, -0.2) is 48.8 Å². The highest BCUT2D eigenvalue weighted by Gasteiger charge is 2.26. The van der Waals surface area contributed by atoms with E-state index < -0.39 is 10.0 Å². The Labute approximate surface area is 118 Å². The van der Waals surface area contributed by atoms with Gasteiger partial charge in [0.15, 0.2) is 0 Å². The lowest BCUT2D eigenvalue weighted by molar-refractivity contribution is 0.443. The van der Waals surface area contributed by atoms with Gasteiger partial charge >= 0.3 is 0 Å². The van der Waals surface area contributed by atoms with Crippen LogP contribution in [0.4, 0.5) is 5.82 Å². The maximum Gasteiger partial charge on any atom is 0.243 e. The van der Waals surface area contributed by atoms with E-state index >= 15 is 0 Å². The van der Waals surface area contributed by atoms with Crippen LogP contribution in [0.1, 0.15) is 13.3 Å². The molecule has 0 bridgehead atoms. The highest BCUT2D eigenvalue weighted by molar-refractivity contribution is 7.99. The molecule has 0 unspecified atom stereocenters. The number of aromatic nitrogens is 1. The lowest BCUT2D eigenvalue weighted by atomic mass is 10.4. The second-order valence-corrected chi connectivity index (χ2v) is 7.48. The van der Waals surface area contributed by atoms with Gasteiger partial charge in [-0.25, -0.2) is 13.4 Å². The summed E-state index contributed by atoms with van der Waals surface area (Å²) < 4.78 is 26.5. The standard InChI is InChI=1S/C12H19N3O2S2/c1-2-4-13-12-10-11(3-5-14-12)19(16,17)15-6-8-18-9-7-15/h3,5,10H,2,4,6-9H2,1H3,(H,13,14). The molecule has 106 valence electrons. The van der Waals surface area contributed by atoms with Crippen molar-refractivity contribution in [2.24, 2.45) is 0 Å². The molecule has 0 aliphatic carbocycles. The first-order valence-corrected chi connectivity index (χ1v) is 9.02. The lowest BCUT2D eigenvalue weighted by Crippen LogP contribution is -2.37. The Morgan fingerprint density at radius 1 is 1.42 bits per heavy atom. The first-order chi connectivity index (χ1) is 9.14. The molecule has 5 nitrogen and oxygen atoms in total.